The highest BCUT2D eigenvalue weighted by Gasteiger charge is 2.13. The van der Waals surface area contributed by atoms with Crippen molar-refractivity contribution in [2.24, 2.45) is 0 Å². The van der Waals surface area contributed by atoms with Crippen LogP contribution in [0.3, 0.4) is 0 Å². The van der Waals surface area contributed by atoms with Gasteiger partial charge < -0.3 is 15.2 Å². The summed E-state index contributed by atoms with van der Waals surface area (Å²) in [6.07, 6.45) is 6.52. The Hall–Kier alpha value is -2.25. The van der Waals surface area contributed by atoms with Gasteiger partial charge in [0.05, 0.1) is 24.8 Å². The van der Waals surface area contributed by atoms with Gasteiger partial charge in [0, 0.05) is 25.7 Å². The van der Waals surface area contributed by atoms with Crippen LogP contribution in [0.25, 0.3) is 5.82 Å². The average Bonchev–Trinajstić information content (AvgIpc) is 3.01. The van der Waals surface area contributed by atoms with Gasteiger partial charge in [0.1, 0.15) is 12.1 Å². The van der Waals surface area contributed by atoms with E-state index in [0.29, 0.717) is 11.4 Å². The zero-order chi connectivity index (χ0) is 14.4. The van der Waals surface area contributed by atoms with E-state index in [1.54, 1.807) is 35.4 Å². The molecular formula is C13H16N4O3. The molecule has 0 radical (unpaired) electrons. The summed E-state index contributed by atoms with van der Waals surface area (Å²) in [7, 11) is 1.51. The van der Waals surface area contributed by atoms with Crippen molar-refractivity contribution in [2.45, 2.75) is 6.04 Å². The number of hydrogen-bond acceptors (Lipinski definition) is 5. The number of aliphatic hydroxyl groups excluding tert-OH is 1. The van der Waals surface area contributed by atoms with E-state index in [9.17, 15) is 4.79 Å². The number of rotatable bonds is 6. The van der Waals surface area contributed by atoms with E-state index in [4.69, 9.17) is 9.84 Å². The van der Waals surface area contributed by atoms with E-state index in [1.807, 2.05) is 0 Å². The molecule has 2 aromatic heterocycles. The number of imidazole rings is 1. The van der Waals surface area contributed by atoms with Crippen molar-refractivity contribution in [3.8, 4) is 5.82 Å². The number of hydrogen-bond donors (Lipinski definition) is 2. The molecule has 7 nitrogen and oxygen atoms in total. The second kappa shape index (κ2) is 6.78. The molecule has 2 aromatic rings. The molecule has 2 N–H and O–H groups in total. The largest absolute Gasteiger partial charge is 0.394 e. The Labute approximate surface area is 116 Å². The lowest BCUT2D eigenvalue weighted by atomic mass is 10.2. The number of aromatic nitrogens is 3. The summed E-state index contributed by atoms with van der Waals surface area (Å²) in [4.78, 5) is 20.1. The minimum absolute atomic E-state index is 0.180. The lowest BCUT2D eigenvalue weighted by Gasteiger charge is -2.15. The van der Waals surface area contributed by atoms with E-state index >= 15 is 0 Å². The van der Waals surface area contributed by atoms with Crippen LogP contribution < -0.4 is 5.32 Å². The Morgan fingerprint density at radius 3 is 2.95 bits per heavy atom. The van der Waals surface area contributed by atoms with Gasteiger partial charge in [0.2, 0.25) is 0 Å². The number of carbonyl (C=O) groups excluding carboxylic acids is 1. The van der Waals surface area contributed by atoms with Gasteiger partial charge >= 0.3 is 0 Å². The number of aliphatic hydroxyl groups is 1. The number of nitrogens with one attached hydrogen (secondary N) is 1. The first-order chi connectivity index (χ1) is 9.74. The monoisotopic (exact) mass is 276 g/mol. The van der Waals surface area contributed by atoms with E-state index in [2.05, 4.69) is 15.3 Å². The quantitative estimate of drug-likeness (QED) is 0.775. The fourth-order valence-corrected chi connectivity index (χ4v) is 1.68. The molecule has 1 unspecified atom stereocenters. The first kappa shape index (κ1) is 14.2. The maximum Gasteiger partial charge on any atom is 0.253 e. The van der Waals surface area contributed by atoms with Crippen LogP contribution in [0.2, 0.25) is 0 Å². The number of ether oxygens (including phenoxy) is 1. The molecule has 0 saturated heterocycles. The molecule has 106 valence electrons. The third-order valence-corrected chi connectivity index (χ3v) is 2.70. The Bertz CT molecular complexity index is 539. The number of methoxy groups -OCH3 is 1. The summed E-state index contributed by atoms with van der Waals surface area (Å²) in [5, 5.41) is 11.8. The lowest BCUT2D eigenvalue weighted by Crippen LogP contribution is -2.40. The summed E-state index contributed by atoms with van der Waals surface area (Å²) in [5.74, 6) is 0.375. The molecule has 2 heterocycles. The summed E-state index contributed by atoms with van der Waals surface area (Å²) >= 11 is 0. The Balaban J connectivity index is 2.04. The van der Waals surface area contributed by atoms with Crippen LogP contribution in [0.1, 0.15) is 10.4 Å². The van der Waals surface area contributed by atoms with Crippen LogP contribution in [0, 0.1) is 0 Å². The third-order valence-electron chi connectivity index (χ3n) is 2.70. The third kappa shape index (κ3) is 3.40. The van der Waals surface area contributed by atoms with Crippen molar-refractivity contribution in [3.63, 3.8) is 0 Å². The van der Waals surface area contributed by atoms with Gasteiger partial charge in [-0.3, -0.25) is 9.36 Å². The molecule has 0 saturated carbocycles. The number of carbonyl (C=O) groups is 1. The van der Waals surface area contributed by atoms with Gasteiger partial charge in [-0.05, 0) is 12.1 Å². The minimum Gasteiger partial charge on any atom is -0.394 e. The predicted molar refractivity (Wildman–Crippen MR) is 71.6 cm³/mol. The Morgan fingerprint density at radius 1 is 1.55 bits per heavy atom. The van der Waals surface area contributed by atoms with Crippen molar-refractivity contribution in [3.05, 3.63) is 42.6 Å². The average molecular weight is 276 g/mol. The number of nitrogens with zero attached hydrogens (tertiary/aromatic N) is 3. The Morgan fingerprint density at radius 2 is 2.40 bits per heavy atom. The van der Waals surface area contributed by atoms with Crippen LogP contribution in [0.15, 0.2) is 37.1 Å². The van der Waals surface area contributed by atoms with Crippen LogP contribution in [0.5, 0.6) is 0 Å². The summed E-state index contributed by atoms with van der Waals surface area (Å²) in [6, 6.07) is 2.96. The maximum absolute atomic E-state index is 11.9. The highest BCUT2D eigenvalue weighted by Crippen LogP contribution is 2.05. The summed E-state index contributed by atoms with van der Waals surface area (Å²) in [6.45, 7) is 0.0723. The van der Waals surface area contributed by atoms with E-state index in [1.165, 1.54) is 13.3 Å². The van der Waals surface area contributed by atoms with Crippen LogP contribution >= 0.6 is 0 Å². The number of pyridine rings is 1. The summed E-state index contributed by atoms with van der Waals surface area (Å²) in [5.41, 5.74) is 0.420. The molecule has 20 heavy (non-hydrogen) atoms. The zero-order valence-corrected chi connectivity index (χ0v) is 11.1. The second-order valence-corrected chi connectivity index (χ2v) is 4.18. The van der Waals surface area contributed by atoms with Gasteiger partial charge in [-0.1, -0.05) is 0 Å². The molecule has 2 rings (SSSR count). The van der Waals surface area contributed by atoms with Gasteiger partial charge in [0.15, 0.2) is 0 Å². The fourth-order valence-electron chi connectivity index (χ4n) is 1.68. The first-order valence-electron chi connectivity index (χ1n) is 6.09. The standard InChI is InChI=1S/C13H16N4O3/c1-20-8-11(7-18)16-13(19)10-2-3-12(15-6-10)17-5-4-14-9-17/h2-6,9,11,18H,7-8H2,1H3,(H,16,19). The van der Waals surface area contributed by atoms with Crippen molar-refractivity contribution < 1.29 is 14.6 Å². The lowest BCUT2D eigenvalue weighted by molar-refractivity contribution is 0.0839. The molecule has 7 heteroatoms. The minimum atomic E-state index is -0.430. The van der Waals surface area contributed by atoms with Crippen molar-refractivity contribution in [1.82, 2.24) is 19.9 Å². The smallest absolute Gasteiger partial charge is 0.253 e. The van der Waals surface area contributed by atoms with E-state index in [0.717, 1.165) is 0 Å². The molecule has 1 atom stereocenters. The van der Waals surface area contributed by atoms with Gasteiger partial charge in [0.25, 0.3) is 5.91 Å². The number of amides is 1. The molecule has 0 fully saturated rings. The first-order valence-corrected chi connectivity index (χ1v) is 6.09. The van der Waals surface area contributed by atoms with Crippen LogP contribution in [-0.2, 0) is 4.74 Å². The van der Waals surface area contributed by atoms with Gasteiger partial charge in [-0.15, -0.1) is 0 Å². The fraction of sp³-hybridized carbons (Fsp3) is 0.308. The van der Waals surface area contributed by atoms with Crippen molar-refractivity contribution in [2.75, 3.05) is 20.3 Å². The summed E-state index contributed by atoms with van der Waals surface area (Å²) < 4.78 is 6.64. The molecule has 0 bridgehead atoms. The second-order valence-electron chi connectivity index (χ2n) is 4.18. The molecule has 0 aliphatic heterocycles. The predicted octanol–water partition coefficient (Wildman–Crippen LogP) is 0.00440. The molecule has 0 aliphatic carbocycles. The topological polar surface area (TPSA) is 89.3 Å². The van der Waals surface area contributed by atoms with Gasteiger partial charge in [-0.25, -0.2) is 9.97 Å². The molecule has 0 spiro atoms. The SMILES string of the molecule is COCC(CO)NC(=O)c1ccc(-n2ccnc2)nc1. The highest BCUT2D eigenvalue weighted by atomic mass is 16.5. The maximum atomic E-state index is 11.9. The van der Waals surface area contributed by atoms with Crippen LogP contribution in [-0.4, -0.2) is 51.9 Å². The normalized spacial score (nSPS) is 12.1. The van der Waals surface area contributed by atoms with Crippen LogP contribution in [0.4, 0.5) is 0 Å². The molecule has 1 amide bonds. The van der Waals surface area contributed by atoms with Gasteiger partial charge in [-0.2, -0.15) is 0 Å². The highest BCUT2D eigenvalue weighted by molar-refractivity contribution is 5.94. The van der Waals surface area contributed by atoms with Crippen molar-refractivity contribution in [1.29, 1.82) is 0 Å². The molecule has 0 aliphatic rings. The van der Waals surface area contributed by atoms with E-state index < -0.39 is 6.04 Å². The Kier molecular flexibility index (Phi) is 4.80. The zero-order valence-electron chi connectivity index (χ0n) is 11.1. The van der Waals surface area contributed by atoms with Crippen molar-refractivity contribution >= 4 is 5.91 Å². The molecular weight excluding hydrogens is 260 g/mol. The van der Waals surface area contributed by atoms with E-state index in [-0.39, 0.29) is 19.1 Å². The molecule has 0 aromatic carbocycles.